The fourth-order valence-corrected chi connectivity index (χ4v) is 2.13. The van der Waals surface area contributed by atoms with Gasteiger partial charge in [-0.25, -0.2) is 4.39 Å². The van der Waals surface area contributed by atoms with Crippen LogP contribution in [-0.4, -0.2) is 27.1 Å². The van der Waals surface area contributed by atoms with Gasteiger partial charge in [-0.15, -0.1) is 10.2 Å². The largest absolute Gasteiger partial charge is 0.484 e. The molecule has 0 unspecified atom stereocenters. The monoisotopic (exact) mass is 368 g/mol. The highest BCUT2D eigenvalue weighted by Gasteiger charge is 2.31. The molecule has 1 aromatic carbocycles. The number of amides is 1. The van der Waals surface area contributed by atoms with Gasteiger partial charge in [0.1, 0.15) is 11.6 Å². The number of rotatable bonds is 5. The zero-order valence-electron chi connectivity index (χ0n) is 13.1. The van der Waals surface area contributed by atoms with Crippen LogP contribution in [0.3, 0.4) is 0 Å². The summed E-state index contributed by atoms with van der Waals surface area (Å²) in [6.45, 7) is -0.468. The third kappa shape index (κ3) is 4.08. The molecule has 0 radical (unpaired) electrons. The van der Waals surface area contributed by atoms with Gasteiger partial charge >= 0.3 is 6.18 Å². The summed E-state index contributed by atoms with van der Waals surface area (Å²) in [5.74, 6) is -0.498. The van der Waals surface area contributed by atoms with Gasteiger partial charge < -0.3 is 10.1 Å². The Hall–Kier alpha value is -3.17. The number of halogens is 4. The molecule has 0 saturated carbocycles. The molecule has 0 atom stereocenters. The number of alkyl halides is 3. The van der Waals surface area contributed by atoms with E-state index in [9.17, 15) is 22.4 Å². The number of pyridine rings is 1. The average Bonchev–Trinajstić information content (AvgIpc) is 3.01. The van der Waals surface area contributed by atoms with Crippen LogP contribution in [0.25, 0.3) is 5.65 Å². The summed E-state index contributed by atoms with van der Waals surface area (Å²) in [6.07, 6.45) is -3.63. The SMILES string of the molecule is O=C(COc1ccc(F)cc1)NCc1nnc2ccc(C(F)(F)F)cn12. The van der Waals surface area contributed by atoms with Crippen molar-refractivity contribution in [2.24, 2.45) is 0 Å². The molecule has 0 spiro atoms. The van der Waals surface area contributed by atoms with Crippen molar-refractivity contribution in [3.8, 4) is 5.75 Å². The standard InChI is InChI=1S/C16H12F4N4O2/c17-11-2-4-12(5-3-11)26-9-15(25)21-7-14-23-22-13-6-1-10(8-24(13)14)16(18,19)20/h1-6,8H,7,9H2,(H,21,25). The molecule has 1 N–H and O–H groups in total. The van der Waals surface area contributed by atoms with E-state index in [1.807, 2.05) is 0 Å². The Balaban J connectivity index is 1.62. The summed E-state index contributed by atoms with van der Waals surface area (Å²) in [5.41, 5.74) is -0.623. The topological polar surface area (TPSA) is 68.5 Å². The molecule has 6 nitrogen and oxygen atoms in total. The molecule has 1 amide bonds. The second kappa shape index (κ2) is 6.98. The third-order valence-corrected chi connectivity index (χ3v) is 3.43. The Labute approximate surface area is 144 Å². The molecule has 0 saturated heterocycles. The van der Waals surface area contributed by atoms with Crippen molar-refractivity contribution < 1.29 is 27.1 Å². The van der Waals surface area contributed by atoms with Crippen LogP contribution in [0.15, 0.2) is 42.6 Å². The van der Waals surface area contributed by atoms with Crippen LogP contribution in [0.5, 0.6) is 5.75 Å². The minimum atomic E-state index is -4.50. The van der Waals surface area contributed by atoms with E-state index in [1.54, 1.807) is 0 Å². The number of nitrogens with one attached hydrogen (secondary N) is 1. The summed E-state index contributed by atoms with van der Waals surface area (Å²) >= 11 is 0. The van der Waals surface area contributed by atoms with Gasteiger partial charge in [-0.05, 0) is 36.4 Å². The zero-order valence-corrected chi connectivity index (χ0v) is 13.1. The smallest absolute Gasteiger partial charge is 0.417 e. The molecule has 2 aromatic heterocycles. The molecule has 2 heterocycles. The van der Waals surface area contributed by atoms with Crippen molar-refractivity contribution in [2.45, 2.75) is 12.7 Å². The summed E-state index contributed by atoms with van der Waals surface area (Å²) in [5, 5.41) is 9.99. The van der Waals surface area contributed by atoms with Crippen LogP contribution < -0.4 is 10.1 Å². The first-order chi connectivity index (χ1) is 12.3. The third-order valence-electron chi connectivity index (χ3n) is 3.43. The molecule has 26 heavy (non-hydrogen) atoms. The molecule has 136 valence electrons. The van der Waals surface area contributed by atoms with E-state index in [4.69, 9.17) is 4.74 Å². The predicted octanol–water partition coefficient (Wildman–Crippen LogP) is 2.58. The van der Waals surface area contributed by atoms with E-state index >= 15 is 0 Å². The van der Waals surface area contributed by atoms with Crippen molar-refractivity contribution >= 4 is 11.6 Å². The second-order valence-electron chi connectivity index (χ2n) is 5.28. The van der Waals surface area contributed by atoms with Gasteiger partial charge in [0.2, 0.25) is 0 Å². The van der Waals surface area contributed by atoms with Gasteiger partial charge in [-0.3, -0.25) is 9.20 Å². The van der Waals surface area contributed by atoms with Crippen molar-refractivity contribution in [3.05, 3.63) is 59.8 Å². The van der Waals surface area contributed by atoms with Gasteiger partial charge in [0, 0.05) is 6.20 Å². The molecule has 10 heteroatoms. The maximum atomic E-state index is 12.8. The van der Waals surface area contributed by atoms with Crippen molar-refractivity contribution in [1.29, 1.82) is 0 Å². The van der Waals surface area contributed by atoms with Crippen molar-refractivity contribution in [1.82, 2.24) is 19.9 Å². The quantitative estimate of drug-likeness (QED) is 0.703. The first kappa shape index (κ1) is 17.6. The van der Waals surface area contributed by atoms with Crippen LogP contribution in [0, 0.1) is 5.82 Å². The second-order valence-corrected chi connectivity index (χ2v) is 5.28. The summed E-state index contributed by atoms with van der Waals surface area (Å²) < 4.78 is 57.5. The molecule has 3 rings (SSSR count). The number of aromatic nitrogens is 3. The Morgan fingerprint density at radius 2 is 1.85 bits per heavy atom. The number of benzene rings is 1. The summed E-state index contributed by atoms with van der Waals surface area (Å²) in [6, 6.07) is 7.21. The lowest BCUT2D eigenvalue weighted by molar-refractivity contribution is -0.137. The van der Waals surface area contributed by atoms with Crippen LogP contribution in [0.2, 0.25) is 0 Å². The Morgan fingerprint density at radius 1 is 1.12 bits per heavy atom. The molecule has 3 aromatic rings. The minimum Gasteiger partial charge on any atom is -0.484 e. The van der Waals surface area contributed by atoms with Gasteiger partial charge in [0.15, 0.2) is 18.1 Å². The van der Waals surface area contributed by atoms with Gasteiger partial charge in [0.25, 0.3) is 5.91 Å². The molecule has 0 aliphatic rings. The van der Waals surface area contributed by atoms with Crippen molar-refractivity contribution in [2.75, 3.05) is 6.61 Å². The number of hydrogen-bond acceptors (Lipinski definition) is 4. The number of nitrogens with zero attached hydrogens (tertiary/aromatic N) is 3. The molecular weight excluding hydrogens is 356 g/mol. The van der Waals surface area contributed by atoms with Crippen LogP contribution >= 0.6 is 0 Å². The first-order valence-corrected chi connectivity index (χ1v) is 7.39. The van der Waals surface area contributed by atoms with E-state index in [0.717, 1.165) is 16.7 Å². The first-order valence-electron chi connectivity index (χ1n) is 7.39. The fraction of sp³-hybridized carbons (Fsp3) is 0.188. The van der Waals surface area contributed by atoms with E-state index < -0.39 is 23.5 Å². The summed E-state index contributed by atoms with van der Waals surface area (Å²) in [4.78, 5) is 11.8. The Kier molecular flexibility index (Phi) is 4.74. The molecule has 0 bridgehead atoms. The minimum absolute atomic E-state index is 0.131. The van der Waals surface area contributed by atoms with Gasteiger partial charge in [0.05, 0.1) is 12.1 Å². The summed E-state index contributed by atoms with van der Waals surface area (Å²) in [7, 11) is 0. The average molecular weight is 368 g/mol. The number of fused-ring (bicyclic) bond motifs is 1. The zero-order chi connectivity index (χ0) is 18.7. The van der Waals surface area contributed by atoms with E-state index in [1.165, 1.54) is 30.3 Å². The normalized spacial score (nSPS) is 11.5. The van der Waals surface area contributed by atoms with Gasteiger partial charge in [-0.2, -0.15) is 13.2 Å². The van der Waals surface area contributed by atoms with Crippen LogP contribution in [0.4, 0.5) is 17.6 Å². The van der Waals surface area contributed by atoms with Gasteiger partial charge in [-0.1, -0.05) is 0 Å². The van der Waals surface area contributed by atoms with Crippen LogP contribution in [-0.2, 0) is 17.5 Å². The highest BCUT2D eigenvalue weighted by Crippen LogP contribution is 2.29. The lowest BCUT2D eigenvalue weighted by Crippen LogP contribution is -2.29. The highest BCUT2D eigenvalue weighted by molar-refractivity contribution is 5.77. The fourth-order valence-electron chi connectivity index (χ4n) is 2.13. The number of carbonyl (C=O) groups is 1. The molecular formula is C16H12F4N4O2. The number of carbonyl (C=O) groups excluding carboxylic acids is 1. The molecule has 0 aliphatic carbocycles. The maximum absolute atomic E-state index is 12.8. The Morgan fingerprint density at radius 3 is 2.54 bits per heavy atom. The lowest BCUT2D eigenvalue weighted by Gasteiger charge is -2.08. The van der Waals surface area contributed by atoms with Crippen LogP contribution in [0.1, 0.15) is 11.4 Å². The van der Waals surface area contributed by atoms with Crippen molar-refractivity contribution in [3.63, 3.8) is 0 Å². The Bertz CT molecular complexity index is 922. The number of hydrogen-bond donors (Lipinski definition) is 1. The van der Waals surface area contributed by atoms with E-state index in [0.29, 0.717) is 5.75 Å². The van der Waals surface area contributed by atoms with E-state index in [-0.39, 0.29) is 24.6 Å². The lowest BCUT2D eigenvalue weighted by atomic mass is 10.3. The maximum Gasteiger partial charge on any atom is 0.417 e. The molecule has 0 fully saturated rings. The predicted molar refractivity (Wildman–Crippen MR) is 81.7 cm³/mol. The number of ether oxygens (including phenoxy) is 1. The highest BCUT2D eigenvalue weighted by atomic mass is 19.4. The molecule has 0 aliphatic heterocycles. The van der Waals surface area contributed by atoms with E-state index in [2.05, 4.69) is 15.5 Å².